The molecule has 2 atom stereocenters. The maximum atomic E-state index is 4.54. The van der Waals surface area contributed by atoms with Crippen molar-refractivity contribution >= 4 is 25.3 Å². The van der Waals surface area contributed by atoms with Crippen LogP contribution in [0.15, 0.2) is 0 Å². The van der Waals surface area contributed by atoms with Gasteiger partial charge in [-0.25, -0.2) is 0 Å². The zero-order valence-corrected chi connectivity index (χ0v) is 9.05. The van der Waals surface area contributed by atoms with Crippen molar-refractivity contribution in [3.8, 4) is 0 Å². The SMILES string of the molecule is CC(CS)C(S)C(C)(C)C. The van der Waals surface area contributed by atoms with E-state index in [0.29, 0.717) is 16.6 Å². The quantitative estimate of drug-likeness (QED) is 0.597. The van der Waals surface area contributed by atoms with Crippen molar-refractivity contribution in [2.45, 2.75) is 32.9 Å². The third-order valence-electron chi connectivity index (χ3n) is 1.71. The van der Waals surface area contributed by atoms with Gasteiger partial charge in [0.15, 0.2) is 0 Å². The summed E-state index contributed by atoms with van der Waals surface area (Å²) in [7, 11) is 0. The first kappa shape index (κ1) is 10.7. The van der Waals surface area contributed by atoms with E-state index in [0.717, 1.165) is 5.75 Å². The monoisotopic (exact) mass is 178 g/mol. The molecule has 0 spiro atoms. The fourth-order valence-electron chi connectivity index (χ4n) is 0.953. The van der Waals surface area contributed by atoms with Gasteiger partial charge in [0.05, 0.1) is 0 Å². The molecule has 0 N–H and O–H groups in total. The first-order chi connectivity index (χ1) is 4.39. The topological polar surface area (TPSA) is 0 Å². The third-order valence-corrected chi connectivity index (χ3v) is 3.57. The van der Waals surface area contributed by atoms with Crippen LogP contribution in [0.3, 0.4) is 0 Å². The molecule has 2 unspecified atom stereocenters. The highest BCUT2D eigenvalue weighted by Crippen LogP contribution is 2.30. The maximum Gasteiger partial charge on any atom is 0.00987 e. The smallest absolute Gasteiger partial charge is 0.00987 e. The number of hydrogen-bond acceptors (Lipinski definition) is 2. The lowest BCUT2D eigenvalue weighted by molar-refractivity contribution is 0.341. The molecule has 0 rings (SSSR count). The van der Waals surface area contributed by atoms with E-state index in [1.807, 2.05) is 0 Å². The van der Waals surface area contributed by atoms with Gasteiger partial charge >= 0.3 is 0 Å². The summed E-state index contributed by atoms with van der Waals surface area (Å²) in [6.07, 6.45) is 0. The van der Waals surface area contributed by atoms with Gasteiger partial charge in [-0.2, -0.15) is 25.3 Å². The minimum absolute atomic E-state index is 0.297. The highest BCUT2D eigenvalue weighted by atomic mass is 32.1. The lowest BCUT2D eigenvalue weighted by Gasteiger charge is -2.30. The Labute approximate surface area is 75.6 Å². The summed E-state index contributed by atoms with van der Waals surface area (Å²) in [5, 5.41) is 0.449. The molecule has 0 aromatic heterocycles. The van der Waals surface area contributed by atoms with Gasteiger partial charge in [-0.05, 0) is 17.1 Å². The first-order valence-electron chi connectivity index (χ1n) is 3.68. The molecular formula is C8H18S2. The second-order valence-corrected chi connectivity index (χ2v) is 4.89. The van der Waals surface area contributed by atoms with Crippen LogP contribution in [-0.4, -0.2) is 11.0 Å². The Morgan fingerprint density at radius 3 is 1.80 bits per heavy atom. The molecule has 0 saturated heterocycles. The van der Waals surface area contributed by atoms with E-state index in [1.54, 1.807) is 0 Å². The summed E-state index contributed by atoms with van der Waals surface area (Å²) in [5.74, 6) is 1.51. The highest BCUT2D eigenvalue weighted by molar-refractivity contribution is 7.81. The molecule has 0 heterocycles. The van der Waals surface area contributed by atoms with Crippen LogP contribution in [0.4, 0.5) is 0 Å². The van der Waals surface area contributed by atoms with Crippen molar-refractivity contribution in [3.05, 3.63) is 0 Å². The Bertz CT molecular complexity index is 93.9. The lowest BCUT2D eigenvalue weighted by atomic mass is 9.85. The van der Waals surface area contributed by atoms with Gasteiger partial charge in [0.2, 0.25) is 0 Å². The standard InChI is InChI=1S/C8H18S2/c1-6(5-9)7(10)8(2,3)4/h6-7,9-10H,5H2,1-4H3. The Kier molecular flexibility index (Phi) is 4.19. The first-order valence-corrected chi connectivity index (χ1v) is 4.83. The van der Waals surface area contributed by atoms with Gasteiger partial charge in [0, 0.05) is 5.25 Å². The largest absolute Gasteiger partial charge is 0.179 e. The normalized spacial score (nSPS) is 18.6. The fraction of sp³-hybridized carbons (Fsp3) is 1.00. The molecular weight excluding hydrogens is 160 g/mol. The molecule has 0 bridgehead atoms. The van der Waals surface area contributed by atoms with Gasteiger partial charge in [-0.15, -0.1) is 0 Å². The molecule has 10 heavy (non-hydrogen) atoms. The van der Waals surface area contributed by atoms with E-state index in [1.165, 1.54) is 0 Å². The van der Waals surface area contributed by atoms with Crippen molar-refractivity contribution in [2.24, 2.45) is 11.3 Å². The molecule has 0 aromatic carbocycles. The fourth-order valence-corrected chi connectivity index (χ4v) is 1.44. The van der Waals surface area contributed by atoms with E-state index < -0.39 is 0 Å². The van der Waals surface area contributed by atoms with Crippen molar-refractivity contribution in [2.75, 3.05) is 5.75 Å². The van der Waals surface area contributed by atoms with Gasteiger partial charge < -0.3 is 0 Å². The number of thiol groups is 2. The van der Waals surface area contributed by atoms with Gasteiger partial charge in [-0.3, -0.25) is 0 Å². The van der Waals surface area contributed by atoms with Crippen LogP contribution < -0.4 is 0 Å². The maximum absolute atomic E-state index is 4.54. The molecule has 0 aliphatic rings. The number of hydrogen-bond donors (Lipinski definition) is 2. The molecule has 0 fully saturated rings. The molecule has 2 heteroatoms. The summed E-state index contributed by atoms with van der Waals surface area (Å²) >= 11 is 8.77. The lowest BCUT2D eigenvalue weighted by Crippen LogP contribution is -2.28. The van der Waals surface area contributed by atoms with Crippen LogP contribution in [0.1, 0.15) is 27.7 Å². The second kappa shape index (κ2) is 3.91. The van der Waals surface area contributed by atoms with Crippen molar-refractivity contribution in [3.63, 3.8) is 0 Å². The molecule has 0 amide bonds. The van der Waals surface area contributed by atoms with E-state index in [-0.39, 0.29) is 0 Å². The summed E-state index contributed by atoms with van der Waals surface area (Å²) in [5.41, 5.74) is 0.297. The van der Waals surface area contributed by atoms with Crippen LogP contribution >= 0.6 is 25.3 Å². The van der Waals surface area contributed by atoms with E-state index >= 15 is 0 Å². The van der Waals surface area contributed by atoms with Crippen molar-refractivity contribution < 1.29 is 0 Å². The predicted molar refractivity (Wildman–Crippen MR) is 55.2 cm³/mol. The Hall–Kier alpha value is 0.700. The zero-order chi connectivity index (χ0) is 8.36. The molecule has 0 aliphatic carbocycles. The van der Waals surface area contributed by atoms with Crippen LogP contribution in [0.25, 0.3) is 0 Å². The zero-order valence-electron chi connectivity index (χ0n) is 7.26. The van der Waals surface area contributed by atoms with E-state index in [4.69, 9.17) is 0 Å². The Balaban J connectivity index is 3.94. The average molecular weight is 178 g/mol. The summed E-state index contributed by atoms with van der Waals surface area (Å²) in [6, 6.07) is 0. The highest BCUT2D eigenvalue weighted by Gasteiger charge is 2.25. The Morgan fingerprint density at radius 1 is 1.30 bits per heavy atom. The molecule has 62 valence electrons. The van der Waals surface area contributed by atoms with Gasteiger partial charge in [-0.1, -0.05) is 27.7 Å². The van der Waals surface area contributed by atoms with Crippen LogP contribution in [-0.2, 0) is 0 Å². The molecule has 0 saturated carbocycles. The van der Waals surface area contributed by atoms with Gasteiger partial charge in [0.1, 0.15) is 0 Å². The summed E-state index contributed by atoms with van der Waals surface area (Å²) in [6.45, 7) is 8.83. The minimum Gasteiger partial charge on any atom is -0.179 e. The van der Waals surface area contributed by atoms with Crippen molar-refractivity contribution in [1.82, 2.24) is 0 Å². The second-order valence-electron chi connectivity index (χ2n) is 3.97. The van der Waals surface area contributed by atoms with Crippen LogP contribution in [0.5, 0.6) is 0 Å². The summed E-state index contributed by atoms with van der Waals surface area (Å²) < 4.78 is 0. The molecule has 0 aliphatic heterocycles. The summed E-state index contributed by atoms with van der Waals surface area (Å²) in [4.78, 5) is 0. The van der Waals surface area contributed by atoms with Gasteiger partial charge in [0.25, 0.3) is 0 Å². The predicted octanol–water partition coefficient (Wildman–Crippen LogP) is 2.90. The molecule has 0 radical (unpaired) electrons. The van der Waals surface area contributed by atoms with E-state index in [9.17, 15) is 0 Å². The van der Waals surface area contributed by atoms with Crippen molar-refractivity contribution in [1.29, 1.82) is 0 Å². The number of rotatable bonds is 2. The van der Waals surface area contributed by atoms with E-state index in [2.05, 4.69) is 53.0 Å². The molecule has 0 aromatic rings. The third kappa shape index (κ3) is 3.20. The van der Waals surface area contributed by atoms with Crippen LogP contribution in [0.2, 0.25) is 0 Å². The molecule has 0 nitrogen and oxygen atoms in total. The minimum atomic E-state index is 0.297. The Morgan fingerprint density at radius 2 is 1.70 bits per heavy atom. The average Bonchev–Trinajstić information content (AvgIpc) is 1.83. The van der Waals surface area contributed by atoms with Crippen LogP contribution in [0, 0.1) is 11.3 Å².